The van der Waals surface area contributed by atoms with E-state index in [1.807, 2.05) is 0 Å². The van der Waals surface area contributed by atoms with Gasteiger partial charge in [-0.25, -0.2) is 0 Å². The van der Waals surface area contributed by atoms with E-state index in [2.05, 4.69) is 0 Å². The van der Waals surface area contributed by atoms with Crippen molar-refractivity contribution in [2.45, 2.75) is 61.0 Å². The summed E-state index contributed by atoms with van der Waals surface area (Å²) in [6.45, 7) is -2.29. The Morgan fingerprint density at radius 1 is 0.963 bits per heavy atom. The van der Waals surface area contributed by atoms with Crippen LogP contribution in [0.15, 0.2) is 0 Å². The highest BCUT2D eigenvalue weighted by Crippen LogP contribution is 2.35. The Morgan fingerprint density at radius 3 is 2.15 bits per heavy atom. The molecular weight excluding hydrogens is 374 g/mol. The predicted octanol–water partition coefficient (Wildman–Crippen LogP) is -6.09. The van der Waals surface area contributed by atoms with E-state index >= 15 is 0 Å². The molecule has 0 aliphatic carbocycles. The smallest absolute Gasteiger partial charge is 0.224 e. The number of rotatable bonds is 8. The molecule has 13 nitrogen and oxygen atoms in total. The van der Waals surface area contributed by atoms with Crippen molar-refractivity contribution in [3.63, 3.8) is 0 Å². The van der Waals surface area contributed by atoms with Gasteiger partial charge in [0.25, 0.3) is 0 Å². The van der Waals surface area contributed by atoms with Crippen LogP contribution >= 0.6 is 0 Å². The van der Waals surface area contributed by atoms with Crippen LogP contribution in [0.5, 0.6) is 0 Å². The Bertz CT molecular complexity index is 469. The quantitative estimate of drug-likeness (QED) is 0.173. The summed E-state index contributed by atoms with van der Waals surface area (Å²) in [4.78, 5) is 0. The minimum Gasteiger partial charge on any atom is -0.394 e. The van der Waals surface area contributed by atoms with Crippen molar-refractivity contribution in [1.82, 2.24) is 0 Å². The average molecular weight is 401 g/mol. The van der Waals surface area contributed by atoms with Gasteiger partial charge < -0.3 is 65.5 Å². The Hall–Kier alpha value is -0.520. The maximum Gasteiger partial charge on any atom is 0.224 e. The standard InChI is InChI=1S/C14H27NO12/c15-7(18)3-24-2-6-8(19)10(21)11(22)13(25-6)27-14(4-17)12(23)9(20)5(1-16)26-14/h5-13,16-23H,1-4,15H2/t5-,6-,7?,8-,9-,10+,11-,12+,13-,14+/m1/s1. The van der Waals surface area contributed by atoms with E-state index in [0.717, 1.165) is 0 Å². The molecule has 2 fully saturated rings. The zero-order valence-electron chi connectivity index (χ0n) is 14.3. The van der Waals surface area contributed by atoms with Crippen molar-refractivity contribution in [2.75, 3.05) is 26.4 Å². The molecule has 0 aromatic carbocycles. The summed E-state index contributed by atoms with van der Waals surface area (Å²) in [7, 11) is 0. The number of aliphatic hydroxyl groups is 8. The SMILES string of the molecule is NC(O)COC[C@H]1O[C@H](O[C@]2(CO)O[C@H](CO)[C@@H](O)[C@@H]2O)[C@H](O)[C@@H](O)[C@@H]1O. The van der Waals surface area contributed by atoms with Crippen LogP contribution in [-0.4, -0.2) is 128 Å². The van der Waals surface area contributed by atoms with Gasteiger partial charge in [0.15, 0.2) is 6.29 Å². The first-order valence-electron chi connectivity index (χ1n) is 8.31. The topological polar surface area (TPSA) is 225 Å². The predicted molar refractivity (Wildman–Crippen MR) is 82.6 cm³/mol. The first-order valence-corrected chi connectivity index (χ1v) is 8.31. The Morgan fingerprint density at radius 2 is 1.63 bits per heavy atom. The lowest BCUT2D eigenvalue weighted by atomic mass is 9.99. The van der Waals surface area contributed by atoms with Gasteiger partial charge in [-0.3, -0.25) is 0 Å². The summed E-state index contributed by atoms with van der Waals surface area (Å²) in [6, 6.07) is 0. The Kier molecular flexibility index (Phi) is 7.86. The molecule has 0 bridgehead atoms. The second kappa shape index (κ2) is 9.32. The van der Waals surface area contributed by atoms with Crippen molar-refractivity contribution in [1.29, 1.82) is 0 Å². The fourth-order valence-electron chi connectivity index (χ4n) is 2.92. The van der Waals surface area contributed by atoms with Crippen LogP contribution in [0.4, 0.5) is 0 Å². The first kappa shape index (κ1) is 22.8. The third-order valence-corrected chi connectivity index (χ3v) is 4.46. The molecule has 0 radical (unpaired) electrons. The molecule has 10 N–H and O–H groups in total. The second-order valence-electron chi connectivity index (χ2n) is 6.48. The van der Waals surface area contributed by atoms with Crippen LogP contribution < -0.4 is 5.73 Å². The van der Waals surface area contributed by atoms with E-state index in [-0.39, 0.29) is 13.2 Å². The van der Waals surface area contributed by atoms with Crippen molar-refractivity contribution >= 4 is 0 Å². The molecule has 13 heteroatoms. The van der Waals surface area contributed by atoms with E-state index in [1.165, 1.54) is 0 Å². The van der Waals surface area contributed by atoms with Gasteiger partial charge in [-0.05, 0) is 0 Å². The summed E-state index contributed by atoms with van der Waals surface area (Å²) in [5, 5.41) is 77.8. The van der Waals surface area contributed by atoms with E-state index in [0.29, 0.717) is 0 Å². The summed E-state index contributed by atoms with van der Waals surface area (Å²) < 4.78 is 20.9. The summed E-state index contributed by atoms with van der Waals surface area (Å²) in [6.07, 6.45) is -14.0. The lowest BCUT2D eigenvalue weighted by Crippen LogP contribution is -2.62. The number of ether oxygens (including phenoxy) is 4. The Labute approximate surface area is 154 Å². The molecule has 0 spiro atoms. The van der Waals surface area contributed by atoms with E-state index < -0.39 is 74.2 Å². The third kappa shape index (κ3) is 4.73. The Balaban J connectivity index is 2.10. The highest BCUT2D eigenvalue weighted by Gasteiger charge is 2.58. The first-order chi connectivity index (χ1) is 12.7. The third-order valence-electron chi connectivity index (χ3n) is 4.46. The number of aliphatic hydroxyl groups excluding tert-OH is 8. The minimum atomic E-state index is -2.25. The molecular formula is C14H27NO12. The van der Waals surface area contributed by atoms with E-state index in [4.69, 9.17) is 34.9 Å². The second-order valence-corrected chi connectivity index (χ2v) is 6.48. The zero-order chi connectivity index (χ0) is 20.4. The van der Waals surface area contributed by atoms with Crippen LogP contribution in [0.2, 0.25) is 0 Å². The summed E-state index contributed by atoms with van der Waals surface area (Å²) in [5.74, 6) is -2.25. The largest absolute Gasteiger partial charge is 0.394 e. The fraction of sp³-hybridized carbons (Fsp3) is 1.00. The van der Waals surface area contributed by atoms with Crippen molar-refractivity contribution in [3.8, 4) is 0 Å². The number of hydrogen-bond donors (Lipinski definition) is 9. The van der Waals surface area contributed by atoms with Gasteiger partial charge in [-0.1, -0.05) is 0 Å². The highest BCUT2D eigenvalue weighted by molar-refractivity contribution is 4.98. The maximum atomic E-state index is 10.1. The zero-order valence-corrected chi connectivity index (χ0v) is 14.3. The number of nitrogens with two attached hydrogens (primary N) is 1. The van der Waals surface area contributed by atoms with Crippen LogP contribution in [-0.2, 0) is 18.9 Å². The molecule has 2 aliphatic heterocycles. The molecule has 160 valence electrons. The molecule has 27 heavy (non-hydrogen) atoms. The van der Waals surface area contributed by atoms with Gasteiger partial charge in [0.05, 0.1) is 19.8 Å². The monoisotopic (exact) mass is 401 g/mol. The van der Waals surface area contributed by atoms with Crippen LogP contribution in [0.25, 0.3) is 0 Å². The van der Waals surface area contributed by atoms with Gasteiger partial charge in [-0.2, -0.15) is 0 Å². The lowest BCUT2D eigenvalue weighted by molar-refractivity contribution is -0.384. The molecule has 2 saturated heterocycles. The normalized spacial score (nSPS) is 46.6. The van der Waals surface area contributed by atoms with E-state index in [1.54, 1.807) is 0 Å². The highest BCUT2D eigenvalue weighted by atomic mass is 16.8. The molecule has 2 heterocycles. The van der Waals surface area contributed by atoms with Crippen LogP contribution in [0.3, 0.4) is 0 Å². The van der Waals surface area contributed by atoms with Gasteiger partial charge in [0.2, 0.25) is 5.79 Å². The van der Waals surface area contributed by atoms with Crippen molar-refractivity contribution < 1.29 is 59.8 Å². The van der Waals surface area contributed by atoms with Crippen molar-refractivity contribution in [3.05, 3.63) is 0 Å². The molecule has 1 unspecified atom stereocenters. The molecule has 2 rings (SSSR count). The molecule has 10 atom stereocenters. The van der Waals surface area contributed by atoms with Crippen molar-refractivity contribution in [2.24, 2.45) is 5.73 Å². The van der Waals surface area contributed by atoms with Gasteiger partial charge in [-0.15, -0.1) is 0 Å². The molecule has 0 amide bonds. The van der Waals surface area contributed by atoms with Gasteiger partial charge in [0, 0.05) is 0 Å². The number of hydrogen-bond acceptors (Lipinski definition) is 13. The van der Waals surface area contributed by atoms with E-state index in [9.17, 15) is 30.6 Å². The average Bonchev–Trinajstić information content (AvgIpc) is 2.88. The summed E-state index contributed by atoms with van der Waals surface area (Å²) in [5.41, 5.74) is 5.12. The molecule has 0 saturated carbocycles. The fourth-order valence-corrected chi connectivity index (χ4v) is 2.92. The molecule has 0 aromatic heterocycles. The van der Waals surface area contributed by atoms with Crippen LogP contribution in [0.1, 0.15) is 0 Å². The summed E-state index contributed by atoms with van der Waals surface area (Å²) >= 11 is 0. The molecule has 2 aliphatic rings. The maximum absolute atomic E-state index is 10.1. The minimum absolute atomic E-state index is 0.288. The molecule has 0 aromatic rings. The lowest BCUT2D eigenvalue weighted by Gasteiger charge is -2.43. The van der Waals surface area contributed by atoms with Gasteiger partial charge >= 0.3 is 0 Å². The van der Waals surface area contributed by atoms with Gasteiger partial charge in [0.1, 0.15) is 55.6 Å². The van der Waals surface area contributed by atoms with Crippen LogP contribution in [0, 0.1) is 0 Å².